The van der Waals surface area contributed by atoms with Gasteiger partial charge in [0.1, 0.15) is 18.5 Å². The number of benzene rings is 3. The van der Waals surface area contributed by atoms with E-state index in [1.54, 1.807) is 53.4 Å². The second kappa shape index (κ2) is 14.7. The van der Waals surface area contributed by atoms with Crippen LogP contribution in [-0.4, -0.2) is 62.2 Å². The Bertz CT molecular complexity index is 1600. The fourth-order valence-corrected chi connectivity index (χ4v) is 4.43. The van der Waals surface area contributed by atoms with Crippen LogP contribution in [0.1, 0.15) is 41.2 Å². The minimum Gasteiger partial charge on any atom is -0.480 e. The molecule has 0 radical (unpaired) electrons. The largest absolute Gasteiger partial charge is 0.480 e. The smallest absolute Gasteiger partial charge is 0.408 e. The van der Waals surface area contributed by atoms with Crippen molar-refractivity contribution in [1.29, 1.82) is 0 Å². The van der Waals surface area contributed by atoms with Crippen molar-refractivity contribution in [3.8, 4) is 0 Å². The third kappa shape index (κ3) is 8.57. The molecule has 4 aromatic rings. The van der Waals surface area contributed by atoms with Gasteiger partial charge in [-0.2, -0.15) is 0 Å². The van der Waals surface area contributed by atoms with E-state index in [-0.39, 0.29) is 43.9 Å². The topological polar surface area (TPSA) is 155 Å². The standard InChI is InChI=1S/C32H36N6O6/c1-21(2)34-31(42)38(19-28-35-25-11-7-8-12-27(25)37(28)3)18-22-13-15-24(16-14-22)29(39)33-17-26(30(40)41)36-32(43)44-20-23-9-5-4-6-10-23/h4-16,21,26H,17-20H2,1-3H3,(H,33,39)(H,34,42)(H,36,43)(H,40,41). The zero-order chi connectivity index (χ0) is 31.6. The number of alkyl carbamates (subject to hydrolysis) is 1. The molecule has 0 aliphatic rings. The number of imidazole rings is 1. The fraction of sp³-hybridized carbons (Fsp3) is 0.281. The summed E-state index contributed by atoms with van der Waals surface area (Å²) in [6.07, 6.45) is -0.912. The van der Waals surface area contributed by atoms with Gasteiger partial charge in [-0.25, -0.2) is 19.4 Å². The van der Waals surface area contributed by atoms with Crippen LogP contribution in [0.5, 0.6) is 0 Å². The fourth-order valence-electron chi connectivity index (χ4n) is 4.43. The number of aryl methyl sites for hydroxylation is 1. The van der Waals surface area contributed by atoms with Crippen LogP contribution < -0.4 is 16.0 Å². The molecular weight excluding hydrogens is 564 g/mol. The molecule has 12 nitrogen and oxygen atoms in total. The van der Waals surface area contributed by atoms with E-state index in [4.69, 9.17) is 9.72 Å². The van der Waals surface area contributed by atoms with Gasteiger partial charge in [0.2, 0.25) is 0 Å². The normalized spacial score (nSPS) is 11.5. The van der Waals surface area contributed by atoms with Crippen LogP contribution in [-0.2, 0) is 36.3 Å². The van der Waals surface area contributed by atoms with Gasteiger partial charge in [-0.15, -0.1) is 0 Å². The minimum absolute atomic E-state index is 0.0211. The monoisotopic (exact) mass is 600 g/mol. The van der Waals surface area contributed by atoms with Crippen molar-refractivity contribution in [3.63, 3.8) is 0 Å². The van der Waals surface area contributed by atoms with Gasteiger partial charge in [0.05, 0.1) is 17.6 Å². The van der Waals surface area contributed by atoms with Gasteiger partial charge in [-0.3, -0.25) is 4.79 Å². The molecule has 12 heteroatoms. The molecule has 4 N–H and O–H groups in total. The third-order valence-electron chi connectivity index (χ3n) is 6.77. The molecule has 1 atom stereocenters. The first kappa shape index (κ1) is 31.5. The van der Waals surface area contributed by atoms with Crippen molar-refractivity contribution in [1.82, 2.24) is 30.4 Å². The molecule has 0 aliphatic carbocycles. The Balaban J connectivity index is 1.35. The predicted octanol–water partition coefficient (Wildman–Crippen LogP) is 3.80. The number of ether oxygens (including phenoxy) is 1. The van der Waals surface area contributed by atoms with Crippen LogP contribution in [0.2, 0.25) is 0 Å². The van der Waals surface area contributed by atoms with E-state index in [0.29, 0.717) is 0 Å². The summed E-state index contributed by atoms with van der Waals surface area (Å²) in [5.74, 6) is -1.11. The Labute approximate surface area is 255 Å². The Morgan fingerprint density at radius 3 is 2.23 bits per heavy atom. The van der Waals surface area contributed by atoms with Crippen molar-refractivity contribution in [3.05, 3.63) is 101 Å². The number of fused-ring (bicyclic) bond motifs is 1. The Kier molecular flexibility index (Phi) is 10.5. The van der Waals surface area contributed by atoms with Gasteiger partial charge in [0.25, 0.3) is 5.91 Å². The highest BCUT2D eigenvalue weighted by Gasteiger charge is 2.22. The predicted molar refractivity (Wildman–Crippen MR) is 164 cm³/mol. The highest BCUT2D eigenvalue weighted by atomic mass is 16.5. The van der Waals surface area contributed by atoms with E-state index in [1.165, 1.54) is 0 Å². The zero-order valence-electron chi connectivity index (χ0n) is 24.8. The van der Waals surface area contributed by atoms with Gasteiger partial charge >= 0.3 is 18.1 Å². The van der Waals surface area contributed by atoms with E-state index in [1.807, 2.05) is 55.8 Å². The second-order valence-corrected chi connectivity index (χ2v) is 10.5. The Hall–Kier alpha value is -5.39. The first-order valence-electron chi connectivity index (χ1n) is 14.1. The molecule has 0 saturated heterocycles. The average Bonchev–Trinajstić information content (AvgIpc) is 3.32. The number of para-hydroxylation sites is 2. The summed E-state index contributed by atoms with van der Waals surface area (Å²) in [5.41, 5.74) is 3.63. The highest BCUT2D eigenvalue weighted by Crippen LogP contribution is 2.17. The molecule has 0 bridgehead atoms. The first-order valence-corrected chi connectivity index (χ1v) is 14.1. The average molecular weight is 601 g/mol. The number of rotatable bonds is 12. The number of nitrogens with one attached hydrogen (secondary N) is 3. The molecule has 230 valence electrons. The molecule has 1 heterocycles. The molecule has 1 unspecified atom stereocenters. The summed E-state index contributed by atoms with van der Waals surface area (Å²) < 4.78 is 7.04. The lowest BCUT2D eigenvalue weighted by atomic mass is 10.1. The number of urea groups is 1. The molecule has 1 aromatic heterocycles. The molecule has 0 spiro atoms. The summed E-state index contributed by atoms with van der Waals surface area (Å²) in [6.45, 7) is 3.93. The van der Waals surface area contributed by atoms with Gasteiger partial charge in [0.15, 0.2) is 0 Å². The Morgan fingerprint density at radius 2 is 1.57 bits per heavy atom. The molecule has 0 aliphatic heterocycles. The minimum atomic E-state index is -1.39. The highest BCUT2D eigenvalue weighted by molar-refractivity contribution is 5.94. The molecule has 4 rings (SSSR count). The Morgan fingerprint density at radius 1 is 0.886 bits per heavy atom. The van der Waals surface area contributed by atoms with E-state index in [0.717, 1.165) is 28.0 Å². The van der Waals surface area contributed by atoms with E-state index in [9.17, 15) is 24.3 Å². The quantitative estimate of drug-likeness (QED) is 0.193. The van der Waals surface area contributed by atoms with Gasteiger partial charge in [0, 0.05) is 31.7 Å². The van der Waals surface area contributed by atoms with Crippen LogP contribution in [0.3, 0.4) is 0 Å². The van der Waals surface area contributed by atoms with Crippen molar-refractivity contribution < 1.29 is 29.0 Å². The second-order valence-electron chi connectivity index (χ2n) is 10.5. The number of carbonyl (C=O) groups excluding carboxylic acids is 3. The number of carboxylic acid groups (broad SMARTS) is 1. The van der Waals surface area contributed by atoms with E-state index < -0.39 is 24.0 Å². The molecule has 0 fully saturated rings. The van der Waals surface area contributed by atoms with Crippen molar-refractivity contribution in [2.75, 3.05) is 6.54 Å². The molecule has 3 aromatic carbocycles. The molecule has 0 saturated carbocycles. The van der Waals surface area contributed by atoms with Crippen LogP contribution in [0, 0.1) is 0 Å². The van der Waals surface area contributed by atoms with E-state index in [2.05, 4.69) is 16.0 Å². The maximum absolute atomic E-state index is 13.1. The van der Waals surface area contributed by atoms with E-state index >= 15 is 0 Å². The summed E-state index contributed by atoms with van der Waals surface area (Å²) in [7, 11) is 1.91. The maximum atomic E-state index is 13.1. The number of nitrogens with zero attached hydrogens (tertiary/aromatic N) is 3. The maximum Gasteiger partial charge on any atom is 0.408 e. The number of aliphatic carboxylic acids is 1. The number of carboxylic acids is 1. The van der Waals surface area contributed by atoms with Crippen LogP contribution in [0.4, 0.5) is 9.59 Å². The third-order valence-corrected chi connectivity index (χ3v) is 6.77. The van der Waals surface area contributed by atoms with Crippen LogP contribution in [0.25, 0.3) is 11.0 Å². The summed E-state index contributed by atoms with van der Waals surface area (Å²) in [6, 6.07) is 21.7. The number of amides is 4. The lowest BCUT2D eigenvalue weighted by molar-refractivity contribution is -0.139. The number of hydrogen-bond donors (Lipinski definition) is 4. The first-order chi connectivity index (χ1) is 21.1. The number of carbonyl (C=O) groups is 4. The molecular formula is C32H36N6O6. The van der Waals surface area contributed by atoms with Crippen LogP contribution >= 0.6 is 0 Å². The SMILES string of the molecule is CC(C)NC(=O)N(Cc1ccc(C(=O)NCC(NC(=O)OCc2ccccc2)C(=O)O)cc1)Cc1nc2ccccc2n1C. The van der Waals surface area contributed by atoms with Crippen molar-refractivity contribution >= 4 is 35.0 Å². The van der Waals surface area contributed by atoms with Crippen molar-refractivity contribution in [2.24, 2.45) is 7.05 Å². The summed E-state index contributed by atoms with van der Waals surface area (Å²) in [4.78, 5) is 56.0. The lowest BCUT2D eigenvalue weighted by Crippen LogP contribution is -2.48. The number of aromatic nitrogens is 2. The molecule has 4 amide bonds. The molecule has 44 heavy (non-hydrogen) atoms. The zero-order valence-corrected chi connectivity index (χ0v) is 24.8. The van der Waals surface area contributed by atoms with Crippen molar-refractivity contribution in [2.45, 2.75) is 45.6 Å². The number of hydrogen-bond acceptors (Lipinski definition) is 6. The van der Waals surface area contributed by atoms with Gasteiger partial charge in [-0.1, -0.05) is 54.6 Å². The summed E-state index contributed by atoms with van der Waals surface area (Å²) in [5, 5.41) is 17.2. The van der Waals surface area contributed by atoms with Gasteiger partial charge < -0.3 is 35.3 Å². The lowest BCUT2D eigenvalue weighted by Gasteiger charge is -2.24. The van der Waals surface area contributed by atoms with Gasteiger partial charge in [-0.05, 0) is 49.2 Å². The summed E-state index contributed by atoms with van der Waals surface area (Å²) >= 11 is 0. The van der Waals surface area contributed by atoms with Crippen LogP contribution in [0.15, 0.2) is 78.9 Å².